The smallest absolute Gasteiger partial charge is 0.303 e. The first-order valence-electron chi connectivity index (χ1n) is 8.36. The highest BCUT2D eigenvalue weighted by Crippen LogP contribution is 2.38. The fraction of sp³-hybridized carbons (Fsp3) is 0.368. The third-order valence-electron chi connectivity index (χ3n) is 4.97. The van der Waals surface area contributed by atoms with E-state index in [9.17, 15) is 4.79 Å². The van der Waals surface area contributed by atoms with Crippen LogP contribution in [0.2, 0.25) is 0 Å². The number of aliphatic carboxylic acids is 1. The van der Waals surface area contributed by atoms with Gasteiger partial charge in [-0.2, -0.15) is 0 Å². The molecule has 1 saturated heterocycles. The predicted octanol–water partition coefficient (Wildman–Crippen LogP) is 3.35. The number of hydrogen-bond acceptors (Lipinski definition) is 2. The van der Waals surface area contributed by atoms with Crippen LogP contribution < -0.4 is 5.73 Å². The van der Waals surface area contributed by atoms with E-state index in [1.54, 1.807) is 0 Å². The van der Waals surface area contributed by atoms with Crippen molar-refractivity contribution >= 4 is 22.7 Å². The first kappa shape index (κ1) is 16.3. The molecule has 1 heterocycles. The number of benzene rings is 2. The van der Waals surface area contributed by atoms with Gasteiger partial charge >= 0.3 is 5.97 Å². The van der Waals surface area contributed by atoms with E-state index in [2.05, 4.69) is 24.3 Å². The van der Waals surface area contributed by atoms with E-state index in [-0.39, 0.29) is 18.4 Å². The molecule has 126 valence electrons. The molecule has 1 aliphatic rings. The van der Waals surface area contributed by atoms with Crippen molar-refractivity contribution in [2.45, 2.75) is 31.7 Å². The minimum atomic E-state index is -0.745. The Morgan fingerprint density at radius 3 is 2.75 bits per heavy atom. The highest BCUT2D eigenvalue weighted by molar-refractivity contribution is 5.87. The normalized spacial score (nSPS) is 20.9. The zero-order valence-electron chi connectivity index (χ0n) is 13.6. The molecule has 4 N–H and O–H groups in total. The van der Waals surface area contributed by atoms with Crippen molar-refractivity contribution in [1.29, 1.82) is 5.41 Å². The molecule has 3 rings (SSSR count). The number of fused-ring (bicyclic) bond motifs is 1. The van der Waals surface area contributed by atoms with Crippen molar-refractivity contribution in [2.75, 3.05) is 6.54 Å². The van der Waals surface area contributed by atoms with Crippen molar-refractivity contribution in [3.05, 3.63) is 48.0 Å². The van der Waals surface area contributed by atoms with Crippen LogP contribution in [0.25, 0.3) is 10.8 Å². The van der Waals surface area contributed by atoms with E-state index in [1.807, 2.05) is 23.1 Å². The van der Waals surface area contributed by atoms with Crippen LogP contribution in [0.5, 0.6) is 0 Å². The molecule has 0 bridgehead atoms. The van der Waals surface area contributed by atoms with E-state index in [0.29, 0.717) is 18.9 Å². The van der Waals surface area contributed by atoms with Crippen LogP contribution in [0.1, 0.15) is 37.3 Å². The quantitative estimate of drug-likeness (QED) is 0.594. The number of guanidine groups is 1. The molecule has 0 spiro atoms. The van der Waals surface area contributed by atoms with Gasteiger partial charge in [-0.3, -0.25) is 10.2 Å². The van der Waals surface area contributed by atoms with Crippen molar-refractivity contribution in [3.8, 4) is 0 Å². The van der Waals surface area contributed by atoms with Gasteiger partial charge in [0.1, 0.15) is 0 Å². The molecular weight excluding hydrogens is 302 g/mol. The Kier molecular flexibility index (Phi) is 4.69. The monoisotopic (exact) mass is 325 g/mol. The average Bonchev–Trinajstić information content (AvgIpc) is 2.59. The molecule has 5 nitrogen and oxygen atoms in total. The molecular formula is C19H23N3O2. The van der Waals surface area contributed by atoms with Crippen molar-refractivity contribution < 1.29 is 9.90 Å². The number of carbonyl (C=O) groups is 1. The lowest BCUT2D eigenvalue weighted by molar-refractivity contribution is -0.137. The highest BCUT2D eigenvalue weighted by atomic mass is 16.4. The zero-order chi connectivity index (χ0) is 17.1. The standard InChI is InChI=1S/C19H23N3O2/c20-19(21)22-11-10-13(8-9-18(23)24)12-17(22)16-7-3-5-14-4-1-2-6-15(14)16/h1-7,13,17H,8-12H2,(H3,20,21)(H,23,24). The number of rotatable bonds is 4. The second kappa shape index (κ2) is 6.91. The molecule has 2 unspecified atom stereocenters. The Morgan fingerprint density at radius 1 is 1.25 bits per heavy atom. The second-order valence-corrected chi connectivity index (χ2v) is 6.49. The van der Waals surface area contributed by atoms with Gasteiger partial charge in [0.05, 0.1) is 6.04 Å². The summed E-state index contributed by atoms with van der Waals surface area (Å²) in [6, 6.07) is 14.5. The minimum absolute atomic E-state index is 0.0288. The maximum atomic E-state index is 10.9. The number of piperidine rings is 1. The van der Waals surface area contributed by atoms with Gasteiger partial charge in [-0.25, -0.2) is 0 Å². The van der Waals surface area contributed by atoms with E-state index in [0.717, 1.165) is 12.8 Å². The Bertz CT molecular complexity index is 754. The topological polar surface area (TPSA) is 90.4 Å². The van der Waals surface area contributed by atoms with Crippen LogP contribution in [0, 0.1) is 11.3 Å². The first-order chi connectivity index (χ1) is 11.6. The summed E-state index contributed by atoms with van der Waals surface area (Å²) in [5.74, 6) is -0.309. The number of likely N-dealkylation sites (tertiary alicyclic amines) is 1. The minimum Gasteiger partial charge on any atom is -0.481 e. The van der Waals surface area contributed by atoms with Crippen LogP contribution in [0.4, 0.5) is 0 Å². The van der Waals surface area contributed by atoms with E-state index >= 15 is 0 Å². The molecule has 5 heteroatoms. The third kappa shape index (κ3) is 3.35. The Morgan fingerprint density at radius 2 is 2.00 bits per heavy atom. The van der Waals surface area contributed by atoms with Crippen molar-refractivity contribution in [2.24, 2.45) is 11.7 Å². The summed E-state index contributed by atoms with van der Waals surface area (Å²) < 4.78 is 0. The third-order valence-corrected chi connectivity index (χ3v) is 4.97. The first-order valence-corrected chi connectivity index (χ1v) is 8.36. The van der Waals surface area contributed by atoms with Crippen LogP contribution in [0.3, 0.4) is 0 Å². The molecule has 0 saturated carbocycles. The molecule has 1 fully saturated rings. The lowest BCUT2D eigenvalue weighted by Crippen LogP contribution is -2.44. The van der Waals surface area contributed by atoms with Gasteiger partial charge in [0, 0.05) is 13.0 Å². The summed E-state index contributed by atoms with van der Waals surface area (Å²) in [4.78, 5) is 12.8. The van der Waals surface area contributed by atoms with Crippen LogP contribution in [0.15, 0.2) is 42.5 Å². The molecule has 1 aliphatic heterocycles. The fourth-order valence-corrected chi connectivity index (χ4v) is 3.75. The van der Waals surface area contributed by atoms with Gasteiger partial charge in [-0.15, -0.1) is 0 Å². The summed E-state index contributed by atoms with van der Waals surface area (Å²) in [6.45, 7) is 0.702. The molecule has 0 aromatic heterocycles. The van der Waals surface area contributed by atoms with Gasteiger partial charge in [0.2, 0.25) is 0 Å². The maximum absolute atomic E-state index is 10.9. The molecule has 2 atom stereocenters. The number of carboxylic acids is 1. The predicted molar refractivity (Wildman–Crippen MR) is 94.9 cm³/mol. The van der Waals surface area contributed by atoms with Gasteiger partial charge in [-0.1, -0.05) is 42.5 Å². The van der Waals surface area contributed by atoms with Crippen molar-refractivity contribution in [1.82, 2.24) is 4.90 Å². The molecule has 24 heavy (non-hydrogen) atoms. The average molecular weight is 325 g/mol. The Hall–Kier alpha value is -2.56. The largest absolute Gasteiger partial charge is 0.481 e. The lowest BCUT2D eigenvalue weighted by atomic mass is 9.83. The van der Waals surface area contributed by atoms with Gasteiger partial charge in [0.25, 0.3) is 0 Å². The van der Waals surface area contributed by atoms with E-state index in [4.69, 9.17) is 16.2 Å². The lowest BCUT2D eigenvalue weighted by Gasteiger charge is -2.40. The van der Waals surface area contributed by atoms with Crippen molar-refractivity contribution in [3.63, 3.8) is 0 Å². The summed E-state index contributed by atoms with van der Waals surface area (Å²) in [6.07, 6.45) is 2.60. The van der Waals surface area contributed by atoms with Gasteiger partial charge in [0.15, 0.2) is 5.96 Å². The van der Waals surface area contributed by atoms with Gasteiger partial charge in [-0.05, 0) is 41.5 Å². The molecule has 0 aliphatic carbocycles. The van der Waals surface area contributed by atoms with E-state index in [1.165, 1.54) is 16.3 Å². The zero-order valence-corrected chi connectivity index (χ0v) is 13.6. The summed E-state index contributed by atoms with van der Waals surface area (Å²) in [5.41, 5.74) is 6.99. The highest BCUT2D eigenvalue weighted by Gasteiger charge is 2.31. The van der Waals surface area contributed by atoms with E-state index < -0.39 is 5.97 Å². The SMILES string of the molecule is N=C(N)N1CCC(CCC(=O)O)CC1c1cccc2ccccc12. The molecule has 0 radical (unpaired) electrons. The number of hydrogen-bond donors (Lipinski definition) is 3. The second-order valence-electron chi connectivity index (χ2n) is 6.49. The summed E-state index contributed by atoms with van der Waals surface area (Å²) in [5, 5.41) is 19.2. The summed E-state index contributed by atoms with van der Waals surface area (Å²) in [7, 11) is 0. The van der Waals surface area contributed by atoms with Gasteiger partial charge < -0.3 is 15.7 Å². The molecule has 2 aromatic carbocycles. The molecule has 0 amide bonds. The fourth-order valence-electron chi connectivity index (χ4n) is 3.75. The number of nitrogens with zero attached hydrogens (tertiary/aromatic N) is 1. The number of nitrogens with two attached hydrogens (primary N) is 1. The van der Waals surface area contributed by atoms with Crippen LogP contribution >= 0.6 is 0 Å². The Balaban J connectivity index is 1.93. The van der Waals surface area contributed by atoms with Crippen LogP contribution in [-0.2, 0) is 4.79 Å². The summed E-state index contributed by atoms with van der Waals surface area (Å²) >= 11 is 0. The Labute approximate surface area is 141 Å². The van der Waals surface area contributed by atoms with Crippen LogP contribution in [-0.4, -0.2) is 28.5 Å². The number of carboxylic acid groups (broad SMARTS) is 1. The number of nitrogens with one attached hydrogen (secondary N) is 1. The maximum Gasteiger partial charge on any atom is 0.303 e. The molecule has 2 aromatic rings.